The lowest BCUT2D eigenvalue weighted by Crippen LogP contribution is -2.42. The summed E-state index contributed by atoms with van der Waals surface area (Å²) >= 11 is 0. The average molecular weight is 146 g/mol. The van der Waals surface area contributed by atoms with Gasteiger partial charge in [-0.05, 0) is 6.42 Å². The summed E-state index contributed by atoms with van der Waals surface area (Å²) in [7, 11) is 1.67. The molecular formula is C7H14O3. The second-order valence-electron chi connectivity index (χ2n) is 2.60. The molecule has 0 bridgehead atoms. The van der Waals surface area contributed by atoms with Gasteiger partial charge in [-0.25, -0.2) is 0 Å². The molecule has 0 saturated carbocycles. The molecule has 1 aliphatic rings. The second kappa shape index (κ2) is 3.91. The third kappa shape index (κ3) is 1.68. The zero-order valence-corrected chi connectivity index (χ0v) is 6.25. The number of rotatable bonds is 4. The normalized spacial score (nSPS) is 31.8. The van der Waals surface area contributed by atoms with E-state index in [2.05, 4.69) is 0 Å². The van der Waals surface area contributed by atoms with Gasteiger partial charge in [-0.3, -0.25) is 0 Å². The number of ether oxygens (including phenoxy) is 2. The fraction of sp³-hybridized carbons (Fsp3) is 1.00. The zero-order valence-electron chi connectivity index (χ0n) is 6.25. The van der Waals surface area contributed by atoms with Gasteiger partial charge in [0.1, 0.15) is 0 Å². The smallest absolute Gasteiger partial charge is 0.0669 e. The lowest BCUT2D eigenvalue weighted by molar-refractivity contribution is -0.139. The van der Waals surface area contributed by atoms with Crippen molar-refractivity contribution in [1.29, 1.82) is 0 Å². The summed E-state index contributed by atoms with van der Waals surface area (Å²) in [5.41, 5.74) is 0. The molecule has 0 radical (unpaired) electrons. The molecule has 0 aromatic rings. The molecule has 1 aliphatic heterocycles. The molecule has 60 valence electrons. The van der Waals surface area contributed by atoms with Gasteiger partial charge >= 0.3 is 0 Å². The van der Waals surface area contributed by atoms with E-state index in [1.54, 1.807) is 7.11 Å². The predicted octanol–water partition coefficient (Wildman–Crippen LogP) is 0.0302. The standard InChI is InChI=1S/C7H14O3/c1-9-3-2-7-6(4-8)5-10-7/h6-8H,2-5H2,1H3. The van der Waals surface area contributed by atoms with Crippen molar-refractivity contribution in [3.05, 3.63) is 0 Å². The molecule has 0 aromatic carbocycles. The van der Waals surface area contributed by atoms with Crippen LogP contribution in [0.1, 0.15) is 6.42 Å². The highest BCUT2D eigenvalue weighted by atomic mass is 16.5. The topological polar surface area (TPSA) is 38.7 Å². The van der Waals surface area contributed by atoms with Crippen molar-refractivity contribution in [3.8, 4) is 0 Å². The third-order valence-corrected chi connectivity index (χ3v) is 1.89. The Kier molecular flexibility index (Phi) is 3.12. The van der Waals surface area contributed by atoms with Crippen LogP contribution >= 0.6 is 0 Å². The molecule has 10 heavy (non-hydrogen) atoms. The van der Waals surface area contributed by atoms with Gasteiger partial charge in [-0.15, -0.1) is 0 Å². The molecule has 0 spiro atoms. The SMILES string of the molecule is COCCC1OCC1CO. The highest BCUT2D eigenvalue weighted by molar-refractivity contribution is 4.77. The van der Waals surface area contributed by atoms with Crippen LogP contribution in [0, 0.1) is 5.92 Å². The van der Waals surface area contributed by atoms with Crippen LogP contribution in [0.15, 0.2) is 0 Å². The number of methoxy groups -OCH3 is 1. The van der Waals surface area contributed by atoms with Crippen LogP contribution in [-0.2, 0) is 9.47 Å². The average Bonchev–Trinajstić information content (AvgIpc) is 1.88. The van der Waals surface area contributed by atoms with Crippen molar-refractivity contribution in [2.45, 2.75) is 12.5 Å². The molecule has 0 amide bonds. The Hall–Kier alpha value is -0.120. The maximum absolute atomic E-state index is 8.73. The summed E-state index contributed by atoms with van der Waals surface area (Å²) in [6.07, 6.45) is 1.15. The van der Waals surface area contributed by atoms with E-state index in [4.69, 9.17) is 14.6 Å². The quantitative estimate of drug-likeness (QED) is 0.608. The first kappa shape index (κ1) is 7.98. The Bertz CT molecular complexity index is 92.9. The third-order valence-electron chi connectivity index (χ3n) is 1.89. The number of aliphatic hydroxyl groups excluding tert-OH is 1. The molecule has 2 atom stereocenters. The minimum absolute atomic E-state index is 0.241. The monoisotopic (exact) mass is 146 g/mol. The number of hydrogen-bond acceptors (Lipinski definition) is 3. The molecular weight excluding hydrogens is 132 g/mol. The summed E-state index contributed by atoms with van der Waals surface area (Å²) in [5, 5.41) is 8.73. The van der Waals surface area contributed by atoms with Gasteiger partial charge in [0.05, 0.1) is 19.3 Å². The Balaban J connectivity index is 2.05. The van der Waals surface area contributed by atoms with E-state index >= 15 is 0 Å². The Morgan fingerprint density at radius 2 is 2.50 bits per heavy atom. The predicted molar refractivity (Wildman–Crippen MR) is 36.8 cm³/mol. The van der Waals surface area contributed by atoms with E-state index in [1.165, 1.54) is 0 Å². The molecule has 1 rings (SSSR count). The van der Waals surface area contributed by atoms with Gasteiger partial charge in [0, 0.05) is 19.6 Å². The Morgan fingerprint density at radius 1 is 1.70 bits per heavy atom. The van der Waals surface area contributed by atoms with Crippen LogP contribution in [0.4, 0.5) is 0 Å². The first-order valence-corrected chi connectivity index (χ1v) is 3.60. The summed E-state index contributed by atoms with van der Waals surface area (Å²) < 4.78 is 10.1. The molecule has 1 fully saturated rings. The summed E-state index contributed by atoms with van der Waals surface area (Å²) in [4.78, 5) is 0. The van der Waals surface area contributed by atoms with E-state index in [1.807, 2.05) is 0 Å². The van der Waals surface area contributed by atoms with Crippen molar-refractivity contribution in [3.63, 3.8) is 0 Å². The second-order valence-corrected chi connectivity index (χ2v) is 2.60. The van der Waals surface area contributed by atoms with Gasteiger partial charge in [0.15, 0.2) is 0 Å². The highest BCUT2D eigenvalue weighted by Crippen LogP contribution is 2.22. The maximum atomic E-state index is 8.73. The van der Waals surface area contributed by atoms with Gasteiger partial charge in [-0.2, -0.15) is 0 Å². The van der Waals surface area contributed by atoms with Crippen molar-refractivity contribution in [2.75, 3.05) is 26.9 Å². The van der Waals surface area contributed by atoms with Crippen molar-refractivity contribution >= 4 is 0 Å². The van der Waals surface area contributed by atoms with Crippen LogP contribution in [-0.4, -0.2) is 38.1 Å². The van der Waals surface area contributed by atoms with E-state index < -0.39 is 0 Å². The van der Waals surface area contributed by atoms with Gasteiger partial charge < -0.3 is 14.6 Å². The van der Waals surface area contributed by atoms with Crippen LogP contribution in [0.2, 0.25) is 0 Å². The van der Waals surface area contributed by atoms with Crippen LogP contribution < -0.4 is 0 Å². The maximum Gasteiger partial charge on any atom is 0.0669 e. The van der Waals surface area contributed by atoms with E-state index in [-0.39, 0.29) is 12.7 Å². The summed E-state index contributed by atoms with van der Waals surface area (Å²) in [6.45, 7) is 1.68. The fourth-order valence-corrected chi connectivity index (χ4v) is 1.09. The zero-order chi connectivity index (χ0) is 7.40. The van der Waals surface area contributed by atoms with E-state index in [0.717, 1.165) is 13.0 Å². The van der Waals surface area contributed by atoms with Crippen molar-refractivity contribution < 1.29 is 14.6 Å². The van der Waals surface area contributed by atoms with Crippen LogP contribution in [0.3, 0.4) is 0 Å². The number of hydrogen-bond donors (Lipinski definition) is 1. The first-order valence-electron chi connectivity index (χ1n) is 3.60. The highest BCUT2D eigenvalue weighted by Gasteiger charge is 2.30. The van der Waals surface area contributed by atoms with E-state index in [0.29, 0.717) is 12.5 Å². The van der Waals surface area contributed by atoms with Crippen molar-refractivity contribution in [2.24, 2.45) is 5.92 Å². The Labute approximate surface area is 60.9 Å². The summed E-state index contributed by atoms with van der Waals surface area (Å²) in [6, 6.07) is 0. The molecule has 3 heteroatoms. The van der Waals surface area contributed by atoms with Crippen LogP contribution in [0.25, 0.3) is 0 Å². The summed E-state index contributed by atoms with van der Waals surface area (Å²) in [5.74, 6) is 0.357. The molecule has 0 aromatic heterocycles. The molecule has 2 unspecified atom stereocenters. The molecule has 0 aliphatic carbocycles. The lowest BCUT2D eigenvalue weighted by Gasteiger charge is -2.35. The Morgan fingerprint density at radius 3 is 2.90 bits per heavy atom. The fourth-order valence-electron chi connectivity index (χ4n) is 1.09. The lowest BCUT2D eigenvalue weighted by atomic mass is 9.97. The molecule has 1 saturated heterocycles. The van der Waals surface area contributed by atoms with Gasteiger partial charge in [-0.1, -0.05) is 0 Å². The van der Waals surface area contributed by atoms with E-state index in [9.17, 15) is 0 Å². The molecule has 1 N–H and O–H groups in total. The van der Waals surface area contributed by atoms with Gasteiger partial charge in [0.25, 0.3) is 0 Å². The molecule has 1 heterocycles. The minimum atomic E-state index is 0.241. The van der Waals surface area contributed by atoms with Crippen LogP contribution in [0.5, 0.6) is 0 Å². The number of aliphatic hydroxyl groups is 1. The molecule has 3 nitrogen and oxygen atoms in total. The minimum Gasteiger partial charge on any atom is -0.396 e. The largest absolute Gasteiger partial charge is 0.396 e. The van der Waals surface area contributed by atoms with Gasteiger partial charge in [0.2, 0.25) is 0 Å². The first-order chi connectivity index (χ1) is 4.88. The van der Waals surface area contributed by atoms with Crippen molar-refractivity contribution in [1.82, 2.24) is 0 Å².